The second kappa shape index (κ2) is 6.69. The Morgan fingerprint density at radius 2 is 1.80 bits per heavy atom. The van der Waals surface area contributed by atoms with Crippen molar-refractivity contribution in [2.75, 3.05) is 0 Å². The van der Waals surface area contributed by atoms with Crippen molar-refractivity contribution >= 4 is 0 Å². The maximum absolute atomic E-state index is 5.76. The van der Waals surface area contributed by atoms with E-state index in [1.54, 1.807) is 0 Å². The first kappa shape index (κ1) is 14.8. The van der Waals surface area contributed by atoms with E-state index in [-0.39, 0.29) is 6.04 Å². The maximum atomic E-state index is 5.76. The average Bonchev–Trinajstić information content (AvgIpc) is 2.48. The van der Waals surface area contributed by atoms with Gasteiger partial charge in [0.2, 0.25) is 0 Å². The van der Waals surface area contributed by atoms with Gasteiger partial charge in [0.15, 0.2) is 0 Å². The van der Waals surface area contributed by atoms with E-state index in [9.17, 15) is 0 Å². The molecule has 106 valence electrons. The lowest BCUT2D eigenvalue weighted by atomic mass is 9.95. The Hall–Kier alpha value is -1.64. The number of hydrazine groups is 1. The fourth-order valence-corrected chi connectivity index (χ4v) is 2.47. The highest BCUT2D eigenvalue weighted by Crippen LogP contribution is 2.20. The molecule has 2 aromatic carbocycles. The normalized spacial score (nSPS) is 12.4. The van der Waals surface area contributed by atoms with Gasteiger partial charge in [-0.3, -0.25) is 11.3 Å². The standard InChI is InChI=1S/C18H24N2/c1-4-15-6-5-7-17(11-15)18(20-19)12-16-9-8-13(2)14(3)10-16/h5-11,18,20H,4,12,19H2,1-3H3. The largest absolute Gasteiger partial charge is 0.271 e. The van der Waals surface area contributed by atoms with Gasteiger partial charge in [0.25, 0.3) is 0 Å². The van der Waals surface area contributed by atoms with Crippen LogP contribution in [-0.2, 0) is 12.8 Å². The Morgan fingerprint density at radius 3 is 2.45 bits per heavy atom. The highest BCUT2D eigenvalue weighted by atomic mass is 15.2. The van der Waals surface area contributed by atoms with Gasteiger partial charge < -0.3 is 0 Å². The van der Waals surface area contributed by atoms with Crippen molar-refractivity contribution in [2.45, 2.75) is 39.7 Å². The first-order chi connectivity index (χ1) is 9.63. The lowest BCUT2D eigenvalue weighted by Gasteiger charge is -2.18. The van der Waals surface area contributed by atoms with Crippen LogP contribution in [0.5, 0.6) is 0 Å². The lowest BCUT2D eigenvalue weighted by molar-refractivity contribution is 0.551. The van der Waals surface area contributed by atoms with Crippen LogP contribution < -0.4 is 11.3 Å². The van der Waals surface area contributed by atoms with E-state index in [0.29, 0.717) is 0 Å². The molecule has 2 aromatic rings. The number of benzene rings is 2. The molecule has 0 aliphatic carbocycles. The summed E-state index contributed by atoms with van der Waals surface area (Å²) in [4.78, 5) is 0. The number of rotatable bonds is 5. The van der Waals surface area contributed by atoms with Crippen LogP contribution in [0.25, 0.3) is 0 Å². The molecule has 0 amide bonds. The van der Waals surface area contributed by atoms with Crippen molar-refractivity contribution in [3.8, 4) is 0 Å². The van der Waals surface area contributed by atoms with Gasteiger partial charge in [0.05, 0.1) is 0 Å². The molecule has 0 spiro atoms. The minimum atomic E-state index is 0.156. The van der Waals surface area contributed by atoms with Gasteiger partial charge in [0, 0.05) is 6.04 Å². The predicted molar refractivity (Wildman–Crippen MR) is 85.5 cm³/mol. The van der Waals surface area contributed by atoms with Crippen LogP contribution in [0.4, 0.5) is 0 Å². The summed E-state index contributed by atoms with van der Waals surface area (Å²) in [6, 6.07) is 15.4. The van der Waals surface area contributed by atoms with Crippen molar-refractivity contribution in [3.63, 3.8) is 0 Å². The lowest BCUT2D eigenvalue weighted by Crippen LogP contribution is -2.29. The van der Waals surface area contributed by atoms with Crippen LogP contribution in [-0.4, -0.2) is 0 Å². The molecule has 0 saturated heterocycles. The molecule has 2 nitrogen and oxygen atoms in total. The first-order valence-electron chi connectivity index (χ1n) is 7.25. The highest BCUT2D eigenvalue weighted by molar-refractivity contribution is 5.32. The molecule has 3 N–H and O–H groups in total. The minimum Gasteiger partial charge on any atom is -0.271 e. The number of nitrogens with two attached hydrogens (primary N) is 1. The quantitative estimate of drug-likeness (QED) is 0.642. The average molecular weight is 268 g/mol. The zero-order valence-corrected chi connectivity index (χ0v) is 12.6. The molecule has 20 heavy (non-hydrogen) atoms. The van der Waals surface area contributed by atoms with Gasteiger partial charge in [-0.25, -0.2) is 0 Å². The Balaban J connectivity index is 2.21. The summed E-state index contributed by atoms with van der Waals surface area (Å²) in [7, 11) is 0. The molecule has 2 rings (SSSR count). The summed E-state index contributed by atoms with van der Waals surface area (Å²) in [5.74, 6) is 5.76. The van der Waals surface area contributed by atoms with Crippen LogP contribution in [0.2, 0.25) is 0 Å². The van der Waals surface area contributed by atoms with Gasteiger partial charge in [-0.2, -0.15) is 0 Å². The van der Waals surface area contributed by atoms with Crippen LogP contribution in [0, 0.1) is 13.8 Å². The van der Waals surface area contributed by atoms with E-state index >= 15 is 0 Å². The number of nitrogens with one attached hydrogen (secondary N) is 1. The fourth-order valence-electron chi connectivity index (χ4n) is 2.47. The van der Waals surface area contributed by atoms with E-state index < -0.39 is 0 Å². The smallest absolute Gasteiger partial charge is 0.0500 e. The van der Waals surface area contributed by atoms with Gasteiger partial charge in [-0.05, 0) is 54.5 Å². The molecule has 2 heteroatoms. The summed E-state index contributed by atoms with van der Waals surface area (Å²) in [5.41, 5.74) is 9.54. The number of hydrogen-bond donors (Lipinski definition) is 2. The molecule has 0 fully saturated rings. The van der Waals surface area contributed by atoms with Crippen molar-refractivity contribution in [3.05, 3.63) is 70.3 Å². The molecule has 0 aliphatic rings. The van der Waals surface area contributed by atoms with Gasteiger partial charge in [0.1, 0.15) is 0 Å². The maximum Gasteiger partial charge on any atom is 0.0500 e. The minimum absolute atomic E-state index is 0.156. The summed E-state index contributed by atoms with van der Waals surface area (Å²) in [6.45, 7) is 6.47. The summed E-state index contributed by atoms with van der Waals surface area (Å²) in [6.07, 6.45) is 1.96. The van der Waals surface area contributed by atoms with Crippen molar-refractivity contribution in [1.29, 1.82) is 0 Å². The highest BCUT2D eigenvalue weighted by Gasteiger charge is 2.11. The second-order valence-electron chi connectivity index (χ2n) is 5.44. The topological polar surface area (TPSA) is 38.0 Å². The van der Waals surface area contributed by atoms with Crippen LogP contribution >= 0.6 is 0 Å². The van der Waals surface area contributed by atoms with E-state index in [2.05, 4.69) is 68.7 Å². The fraction of sp³-hybridized carbons (Fsp3) is 0.333. The Morgan fingerprint density at radius 1 is 1.00 bits per heavy atom. The Bertz CT molecular complexity index is 575. The van der Waals surface area contributed by atoms with Gasteiger partial charge >= 0.3 is 0 Å². The molecular formula is C18H24N2. The molecule has 0 heterocycles. The second-order valence-corrected chi connectivity index (χ2v) is 5.44. The SMILES string of the molecule is CCc1cccc(C(Cc2ccc(C)c(C)c2)NN)c1. The molecule has 0 aromatic heterocycles. The molecule has 0 saturated carbocycles. The van der Waals surface area contributed by atoms with E-state index in [1.165, 1.54) is 27.8 Å². The summed E-state index contributed by atoms with van der Waals surface area (Å²) in [5, 5.41) is 0. The van der Waals surface area contributed by atoms with E-state index in [0.717, 1.165) is 12.8 Å². The van der Waals surface area contributed by atoms with Crippen LogP contribution in [0.1, 0.15) is 40.8 Å². The van der Waals surface area contributed by atoms with Gasteiger partial charge in [-0.1, -0.05) is 49.4 Å². The molecular weight excluding hydrogens is 244 g/mol. The number of hydrogen-bond acceptors (Lipinski definition) is 2. The molecule has 0 aliphatic heterocycles. The van der Waals surface area contributed by atoms with E-state index in [1.807, 2.05) is 0 Å². The molecule has 0 radical (unpaired) electrons. The monoisotopic (exact) mass is 268 g/mol. The predicted octanol–water partition coefficient (Wildman–Crippen LogP) is 3.61. The zero-order chi connectivity index (χ0) is 14.5. The summed E-state index contributed by atoms with van der Waals surface area (Å²) < 4.78 is 0. The van der Waals surface area contributed by atoms with E-state index in [4.69, 9.17) is 5.84 Å². The van der Waals surface area contributed by atoms with Crippen molar-refractivity contribution < 1.29 is 0 Å². The third-order valence-electron chi connectivity index (χ3n) is 3.97. The molecule has 0 bridgehead atoms. The third kappa shape index (κ3) is 3.47. The Labute approximate surface area is 122 Å². The van der Waals surface area contributed by atoms with Crippen molar-refractivity contribution in [2.24, 2.45) is 5.84 Å². The molecule has 1 atom stereocenters. The third-order valence-corrected chi connectivity index (χ3v) is 3.97. The number of aryl methyl sites for hydroxylation is 3. The van der Waals surface area contributed by atoms with Crippen LogP contribution in [0.15, 0.2) is 42.5 Å². The van der Waals surface area contributed by atoms with Crippen LogP contribution in [0.3, 0.4) is 0 Å². The molecule has 1 unspecified atom stereocenters. The first-order valence-corrected chi connectivity index (χ1v) is 7.25. The zero-order valence-electron chi connectivity index (χ0n) is 12.6. The van der Waals surface area contributed by atoms with Gasteiger partial charge in [-0.15, -0.1) is 0 Å². The Kier molecular flexibility index (Phi) is 4.94. The summed E-state index contributed by atoms with van der Waals surface area (Å²) >= 11 is 0. The van der Waals surface area contributed by atoms with Crippen molar-refractivity contribution in [1.82, 2.24) is 5.43 Å².